The highest BCUT2D eigenvalue weighted by atomic mass is 35.5. The third kappa shape index (κ3) is 9.10. The third-order valence-corrected chi connectivity index (χ3v) is 5.13. The maximum Gasteiger partial charge on any atom is 0.412 e. The maximum atomic E-state index is 12.5. The third-order valence-electron chi connectivity index (χ3n) is 5.13. The van der Waals surface area contributed by atoms with Gasteiger partial charge in [0.15, 0.2) is 12.4 Å². The second kappa shape index (κ2) is 13.7. The molecule has 0 unspecified atom stereocenters. The molecule has 3 aromatic rings. The first-order valence-electron chi connectivity index (χ1n) is 10.9. The number of hydrogen-bond acceptors (Lipinski definition) is 4. The van der Waals surface area contributed by atoms with Gasteiger partial charge >= 0.3 is 12.1 Å². The predicted molar refractivity (Wildman–Crippen MR) is 125 cm³/mol. The number of carboxylic acids is 1. The fraction of sp³-hybridized carbons (Fsp3) is 0.231. The summed E-state index contributed by atoms with van der Waals surface area (Å²) in [5.41, 5.74) is 2.23. The number of ether oxygens (including phenoxy) is 1. The fourth-order valence-corrected chi connectivity index (χ4v) is 3.38. The first-order chi connectivity index (χ1) is 16.4. The Labute approximate surface area is 210 Å². The fourth-order valence-electron chi connectivity index (χ4n) is 3.38. The van der Waals surface area contributed by atoms with Crippen molar-refractivity contribution in [3.63, 3.8) is 0 Å². The van der Waals surface area contributed by atoms with Crippen molar-refractivity contribution in [1.29, 1.82) is 0 Å². The molecule has 0 spiro atoms. The number of carbonyl (C=O) groups excluding carboxylic acids is 2. The predicted octanol–water partition coefficient (Wildman–Crippen LogP) is -0.281. The van der Waals surface area contributed by atoms with Gasteiger partial charge in [-0.15, -0.1) is 0 Å². The Morgan fingerprint density at radius 3 is 1.94 bits per heavy atom. The van der Waals surface area contributed by atoms with Gasteiger partial charge in [0.2, 0.25) is 0 Å². The number of aliphatic carboxylic acids is 1. The number of hydrogen-bond donors (Lipinski definition) is 3. The van der Waals surface area contributed by atoms with Gasteiger partial charge in [0.05, 0.1) is 5.56 Å². The van der Waals surface area contributed by atoms with Gasteiger partial charge in [0.25, 0.3) is 12.6 Å². The molecule has 1 aromatic heterocycles. The number of nitrogens with zero attached hydrogens (tertiary/aromatic N) is 1. The molecule has 35 heavy (non-hydrogen) atoms. The molecule has 0 saturated carbocycles. The van der Waals surface area contributed by atoms with Crippen molar-refractivity contribution < 1.29 is 41.2 Å². The number of nitrogens with one attached hydrogen (secondary N) is 2. The van der Waals surface area contributed by atoms with Gasteiger partial charge in [0.1, 0.15) is 6.04 Å². The second-order valence-electron chi connectivity index (χ2n) is 7.95. The summed E-state index contributed by atoms with van der Waals surface area (Å²) in [5.74, 6) is -1.60. The van der Waals surface area contributed by atoms with E-state index in [1.165, 1.54) is 12.1 Å². The number of carbonyl (C=O) groups is 3. The lowest BCUT2D eigenvalue weighted by atomic mass is 10.1. The van der Waals surface area contributed by atoms with Gasteiger partial charge in [-0.05, 0) is 24.5 Å². The summed E-state index contributed by atoms with van der Waals surface area (Å²) in [4.78, 5) is 36.2. The molecule has 0 fully saturated rings. The van der Waals surface area contributed by atoms with E-state index < -0.39 is 24.0 Å². The SMILES string of the molecule is C[C@@H](Cc1ccccc1)NC(=O)OC[n+]1ccc(C(=O)N[C@@H](Cc2ccccc2)C(=O)O)cc1.[Cl-]. The van der Waals surface area contributed by atoms with Crippen LogP contribution in [0.3, 0.4) is 0 Å². The van der Waals surface area contributed by atoms with Crippen LogP contribution in [0.25, 0.3) is 0 Å². The van der Waals surface area contributed by atoms with E-state index in [-0.39, 0.29) is 31.6 Å². The molecule has 0 radical (unpaired) electrons. The highest BCUT2D eigenvalue weighted by Crippen LogP contribution is 2.06. The molecule has 9 heteroatoms. The van der Waals surface area contributed by atoms with E-state index in [1.807, 2.05) is 67.6 Å². The van der Waals surface area contributed by atoms with Crippen molar-refractivity contribution in [1.82, 2.24) is 10.6 Å². The maximum absolute atomic E-state index is 12.5. The zero-order valence-corrected chi connectivity index (χ0v) is 20.0. The van der Waals surface area contributed by atoms with E-state index >= 15 is 0 Å². The van der Waals surface area contributed by atoms with Crippen molar-refractivity contribution in [3.8, 4) is 0 Å². The molecule has 2 amide bonds. The van der Waals surface area contributed by atoms with Gasteiger partial charge in [-0.1, -0.05) is 60.7 Å². The largest absolute Gasteiger partial charge is 1.00 e. The molecule has 3 rings (SSSR count). The lowest BCUT2D eigenvalue weighted by Gasteiger charge is -2.14. The Balaban J connectivity index is 0.00000432. The number of benzene rings is 2. The van der Waals surface area contributed by atoms with Crippen LogP contribution in [-0.2, 0) is 29.1 Å². The lowest BCUT2D eigenvalue weighted by Crippen LogP contribution is -3.00. The van der Waals surface area contributed by atoms with E-state index in [0.717, 1.165) is 11.1 Å². The van der Waals surface area contributed by atoms with Crippen LogP contribution in [0.4, 0.5) is 4.79 Å². The van der Waals surface area contributed by atoms with Crippen molar-refractivity contribution >= 4 is 18.0 Å². The van der Waals surface area contributed by atoms with Crippen LogP contribution in [-0.4, -0.2) is 35.2 Å². The molecular weight excluding hydrogens is 470 g/mol. The Morgan fingerprint density at radius 1 is 0.857 bits per heavy atom. The molecule has 8 nitrogen and oxygen atoms in total. The summed E-state index contributed by atoms with van der Waals surface area (Å²) in [6.45, 7) is 1.87. The Hall–Kier alpha value is -3.91. The molecule has 184 valence electrons. The molecule has 0 saturated heterocycles. The molecule has 0 aliphatic rings. The second-order valence-corrected chi connectivity index (χ2v) is 7.95. The number of halogens is 1. The van der Waals surface area contributed by atoms with E-state index in [4.69, 9.17) is 4.74 Å². The Bertz CT molecular complexity index is 1090. The first kappa shape index (κ1) is 27.3. The van der Waals surface area contributed by atoms with Gasteiger partial charge in [-0.2, -0.15) is 4.57 Å². The number of carboxylic acid groups (broad SMARTS) is 1. The topological polar surface area (TPSA) is 109 Å². The quantitative estimate of drug-likeness (QED) is 0.334. The molecule has 3 N–H and O–H groups in total. The summed E-state index contributed by atoms with van der Waals surface area (Å²) in [5, 5.41) is 14.8. The summed E-state index contributed by atoms with van der Waals surface area (Å²) in [6, 6.07) is 20.9. The zero-order chi connectivity index (χ0) is 24.3. The van der Waals surface area contributed by atoms with Crippen LogP contribution < -0.4 is 27.6 Å². The van der Waals surface area contributed by atoms with Crippen molar-refractivity contribution in [3.05, 3.63) is 102 Å². The van der Waals surface area contributed by atoms with Crippen molar-refractivity contribution in [2.24, 2.45) is 0 Å². The molecule has 2 aromatic carbocycles. The van der Waals surface area contributed by atoms with Gasteiger partial charge in [-0.25, -0.2) is 9.59 Å². The molecule has 0 aliphatic heterocycles. The van der Waals surface area contributed by atoms with Gasteiger partial charge < -0.3 is 32.9 Å². The van der Waals surface area contributed by atoms with E-state index in [1.54, 1.807) is 17.0 Å². The molecular formula is C26H28ClN3O5. The Kier molecular flexibility index (Phi) is 10.7. The molecule has 0 aliphatic carbocycles. The number of aromatic nitrogens is 1. The van der Waals surface area contributed by atoms with Crippen LogP contribution in [0.15, 0.2) is 85.2 Å². The van der Waals surface area contributed by atoms with Crippen LogP contribution in [0.2, 0.25) is 0 Å². The first-order valence-corrected chi connectivity index (χ1v) is 10.9. The average Bonchev–Trinajstić information content (AvgIpc) is 2.83. The van der Waals surface area contributed by atoms with E-state index in [9.17, 15) is 19.5 Å². The minimum Gasteiger partial charge on any atom is -1.00 e. The molecule has 1 heterocycles. The monoisotopic (exact) mass is 497 g/mol. The molecule has 2 atom stereocenters. The molecule has 0 bridgehead atoms. The number of alkyl carbamates (subject to hydrolysis) is 1. The smallest absolute Gasteiger partial charge is 0.412 e. The van der Waals surface area contributed by atoms with Crippen LogP contribution >= 0.6 is 0 Å². The van der Waals surface area contributed by atoms with Crippen molar-refractivity contribution in [2.75, 3.05) is 0 Å². The number of rotatable bonds is 10. The summed E-state index contributed by atoms with van der Waals surface area (Å²) >= 11 is 0. The Morgan fingerprint density at radius 2 is 1.40 bits per heavy atom. The zero-order valence-electron chi connectivity index (χ0n) is 19.3. The summed E-state index contributed by atoms with van der Waals surface area (Å²) in [6.07, 6.45) is 3.50. The van der Waals surface area contributed by atoms with E-state index in [2.05, 4.69) is 10.6 Å². The van der Waals surface area contributed by atoms with Crippen molar-refractivity contribution in [2.45, 2.75) is 38.6 Å². The highest BCUT2D eigenvalue weighted by Gasteiger charge is 2.21. The van der Waals surface area contributed by atoms with Gasteiger partial charge in [0, 0.05) is 24.6 Å². The van der Waals surface area contributed by atoms with Crippen LogP contribution in [0.5, 0.6) is 0 Å². The minimum absolute atomic E-state index is 0. The van der Waals surface area contributed by atoms with Crippen LogP contribution in [0.1, 0.15) is 28.4 Å². The minimum atomic E-state index is -1.11. The lowest BCUT2D eigenvalue weighted by molar-refractivity contribution is -0.727. The average molecular weight is 498 g/mol. The number of amides is 2. The van der Waals surface area contributed by atoms with Gasteiger partial charge in [-0.3, -0.25) is 4.79 Å². The normalized spacial score (nSPS) is 11.9. The number of pyridine rings is 1. The summed E-state index contributed by atoms with van der Waals surface area (Å²) < 4.78 is 6.83. The van der Waals surface area contributed by atoms with Crippen LogP contribution in [0, 0.1) is 0 Å². The highest BCUT2D eigenvalue weighted by molar-refractivity contribution is 5.96. The standard InChI is InChI=1S/C26H27N3O5.ClH/c1-19(16-20-8-4-2-5-9-20)27-26(33)34-18-29-14-12-22(13-15-29)24(30)28-23(25(31)32)17-21-10-6-3-7-11-21;/h2-15,19,23H,16-18H2,1H3,(H2-,27,28,30,31,32,33);1H/t19-,23-;/m0./s1. The van der Waals surface area contributed by atoms with E-state index in [0.29, 0.717) is 12.0 Å². The summed E-state index contributed by atoms with van der Waals surface area (Å²) in [7, 11) is 0.